The van der Waals surface area contributed by atoms with Crippen LogP contribution in [0.3, 0.4) is 0 Å². The Morgan fingerprint density at radius 1 is 1.03 bits per heavy atom. The quantitative estimate of drug-likeness (QED) is 0.286. The molecule has 0 spiro atoms. The number of fused-ring (bicyclic) bond motifs is 2. The molecule has 5 nitrogen and oxygen atoms in total. The Morgan fingerprint density at radius 2 is 1.81 bits per heavy atom. The third kappa shape index (κ3) is 3.67. The number of Topliss-reactive ketones (excluding diaryl/α,β-unsaturated/α-hetero) is 1. The van der Waals surface area contributed by atoms with Gasteiger partial charge < -0.3 is 14.2 Å². The predicted octanol–water partition coefficient (Wildman–Crippen LogP) is 5.88. The van der Waals surface area contributed by atoms with Gasteiger partial charge in [0.05, 0.1) is 16.1 Å². The fraction of sp³-hybridized carbons (Fsp3) is 0.0769. The number of halogens is 1. The van der Waals surface area contributed by atoms with Gasteiger partial charge in [0.2, 0.25) is 5.78 Å². The normalized spacial score (nSPS) is 17.7. The van der Waals surface area contributed by atoms with Crippen LogP contribution in [-0.2, 0) is 0 Å². The molecule has 0 aromatic heterocycles. The van der Waals surface area contributed by atoms with Crippen molar-refractivity contribution in [1.29, 1.82) is 0 Å². The van der Waals surface area contributed by atoms with Crippen molar-refractivity contribution in [2.45, 2.75) is 13.0 Å². The minimum absolute atomic E-state index is 0.190. The lowest BCUT2D eigenvalue weighted by Gasteiger charge is -2.22. The fourth-order valence-electron chi connectivity index (χ4n) is 3.59. The van der Waals surface area contributed by atoms with Crippen molar-refractivity contribution in [2.24, 2.45) is 0 Å². The summed E-state index contributed by atoms with van der Waals surface area (Å²) in [4.78, 5) is 25.3. The molecule has 2 aliphatic heterocycles. The zero-order chi connectivity index (χ0) is 22.2. The number of ether oxygens (including phenoxy) is 3. The lowest BCUT2D eigenvalue weighted by Crippen LogP contribution is -2.18. The molecule has 2 heterocycles. The van der Waals surface area contributed by atoms with Crippen LogP contribution in [0.15, 0.2) is 84.1 Å². The van der Waals surface area contributed by atoms with Gasteiger partial charge in [-0.1, -0.05) is 41.9 Å². The first kappa shape index (κ1) is 20.1. The minimum Gasteiger partial charge on any atom is -0.485 e. The number of carbonyl (C=O) groups excluding carboxylic acids is 2. The van der Waals surface area contributed by atoms with E-state index in [2.05, 4.69) is 0 Å². The summed E-state index contributed by atoms with van der Waals surface area (Å²) in [6.45, 7) is 1.91. The molecule has 2 aliphatic rings. The van der Waals surface area contributed by atoms with Crippen molar-refractivity contribution < 1.29 is 23.8 Å². The third-order valence-electron chi connectivity index (χ3n) is 5.26. The second-order valence-corrected chi connectivity index (χ2v) is 7.82. The SMILES string of the molecule is CC1Oc2ccccc2C=C1/C=C1\Oc2cc(OC(=O)c3ccccc3Cl)ccc2C1=O. The van der Waals surface area contributed by atoms with Crippen LogP contribution in [0.2, 0.25) is 5.02 Å². The van der Waals surface area contributed by atoms with Gasteiger partial charge in [-0.3, -0.25) is 4.79 Å². The maximum atomic E-state index is 12.8. The lowest BCUT2D eigenvalue weighted by molar-refractivity contribution is 0.0734. The summed E-state index contributed by atoms with van der Waals surface area (Å²) in [5.41, 5.74) is 2.42. The van der Waals surface area contributed by atoms with E-state index in [1.165, 1.54) is 6.07 Å². The van der Waals surface area contributed by atoms with Crippen LogP contribution in [0.1, 0.15) is 33.2 Å². The zero-order valence-electron chi connectivity index (χ0n) is 17.0. The number of esters is 1. The second-order valence-electron chi connectivity index (χ2n) is 7.41. The maximum absolute atomic E-state index is 12.8. The molecule has 5 rings (SSSR count). The molecule has 0 saturated heterocycles. The molecule has 0 aliphatic carbocycles. The number of ketones is 1. The first-order valence-electron chi connectivity index (χ1n) is 10.0. The Bertz CT molecular complexity index is 1320. The first-order chi connectivity index (χ1) is 15.5. The summed E-state index contributed by atoms with van der Waals surface area (Å²) < 4.78 is 17.2. The highest BCUT2D eigenvalue weighted by Gasteiger charge is 2.29. The predicted molar refractivity (Wildman–Crippen MR) is 120 cm³/mol. The smallest absolute Gasteiger partial charge is 0.345 e. The maximum Gasteiger partial charge on any atom is 0.345 e. The van der Waals surface area contributed by atoms with Crippen molar-refractivity contribution in [3.63, 3.8) is 0 Å². The zero-order valence-corrected chi connectivity index (χ0v) is 17.8. The van der Waals surface area contributed by atoms with E-state index in [0.717, 1.165) is 16.9 Å². The van der Waals surface area contributed by atoms with E-state index in [1.807, 2.05) is 37.3 Å². The number of hydrogen-bond acceptors (Lipinski definition) is 5. The van der Waals surface area contributed by atoms with Gasteiger partial charge in [0.15, 0.2) is 5.76 Å². The van der Waals surface area contributed by atoms with Crippen LogP contribution >= 0.6 is 11.6 Å². The van der Waals surface area contributed by atoms with Crippen molar-refractivity contribution in [2.75, 3.05) is 0 Å². The molecule has 0 fully saturated rings. The largest absolute Gasteiger partial charge is 0.485 e. The number of para-hydroxylation sites is 1. The molecule has 6 heteroatoms. The van der Waals surface area contributed by atoms with E-state index >= 15 is 0 Å². The number of allylic oxidation sites excluding steroid dienone is 1. The van der Waals surface area contributed by atoms with Crippen molar-refractivity contribution in [1.82, 2.24) is 0 Å². The van der Waals surface area contributed by atoms with Gasteiger partial charge in [0.25, 0.3) is 0 Å². The van der Waals surface area contributed by atoms with Gasteiger partial charge in [0.1, 0.15) is 23.4 Å². The standard InChI is InChI=1S/C26H17ClO5/c1-15-17(12-16-6-2-5-9-22(16)30-15)13-24-25(28)20-11-10-18(14-23(20)32-24)31-26(29)19-7-3-4-8-21(19)27/h2-15H,1H3/b24-13-. The molecule has 1 atom stereocenters. The van der Waals surface area contributed by atoms with E-state index in [9.17, 15) is 9.59 Å². The summed E-state index contributed by atoms with van der Waals surface area (Å²) in [7, 11) is 0. The Balaban J connectivity index is 1.39. The fourth-order valence-corrected chi connectivity index (χ4v) is 3.81. The molecular formula is C26H17ClO5. The molecule has 3 aromatic carbocycles. The van der Waals surface area contributed by atoms with Crippen LogP contribution in [0, 0.1) is 0 Å². The van der Waals surface area contributed by atoms with E-state index in [0.29, 0.717) is 16.3 Å². The molecule has 32 heavy (non-hydrogen) atoms. The lowest BCUT2D eigenvalue weighted by atomic mass is 10.0. The van der Waals surface area contributed by atoms with E-state index in [4.69, 9.17) is 25.8 Å². The molecule has 0 saturated carbocycles. The molecule has 0 radical (unpaired) electrons. The number of rotatable bonds is 3. The molecule has 3 aromatic rings. The Hall–Kier alpha value is -3.83. The summed E-state index contributed by atoms with van der Waals surface area (Å²) in [5, 5.41) is 0.300. The van der Waals surface area contributed by atoms with Gasteiger partial charge in [-0.15, -0.1) is 0 Å². The van der Waals surface area contributed by atoms with Crippen molar-refractivity contribution in [3.8, 4) is 17.2 Å². The Kier molecular flexibility index (Phi) is 5.04. The van der Waals surface area contributed by atoms with Crippen LogP contribution in [0.25, 0.3) is 6.08 Å². The molecule has 1 unspecified atom stereocenters. The number of carbonyl (C=O) groups is 2. The highest BCUT2D eigenvalue weighted by Crippen LogP contribution is 2.36. The average molecular weight is 445 g/mol. The van der Waals surface area contributed by atoms with Crippen LogP contribution in [0.4, 0.5) is 0 Å². The summed E-state index contributed by atoms with van der Waals surface area (Å²) >= 11 is 6.06. The van der Waals surface area contributed by atoms with Crippen LogP contribution in [-0.4, -0.2) is 17.9 Å². The van der Waals surface area contributed by atoms with Crippen LogP contribution < -0.4 is 14.2 Å². The highest BCUT2D eigenvalue weighted by atomic mass is 35.5. The average Bonchev–Trinajstić information content (AvgIpc) is 3.09. The number of hydrogen-bond donors (Lipinski definition) is 0. The van der Waals surface area contributed by atoms with Crippen LogP contribution in [0.5, 0.6) is 17.2 Å². The minimum atomic E-state index is -0.590. The second kappa shape index (κ2) is 8.02. The van der Waals surface area contributed by atoms with Gasteiger partial charge >= 0.3 is 5.97 Å². The van der Waals surface area contributed by atoms with Gasteiger partial charge in [-0.25, -0.2) is 4.79 Å². The Labute approximate surface area is 189 Å². The molecule has 0 amide bonds. The third-order valence-corrected chi connectivity index (χ3v) is 5.59. The Morgan fingerprint density at radius 3 is 2.66 bits per heavy atom. The van der Waals surface area contributed by atoms with Crippen molar-refractivity contribution in [3.05, 3.63) is 106 Å². The summed E-state index contributed by atoms with van der Waals surface area (Å²) in [6, 6.07) is 19.0. The molecule has 158 valence electrons. The van der Waals surface area contributed by atoms with E-state index in [-0.39, 0.29) is 29.0 Å². The summed E-state index contributed by atoms with van der Waals surface area (Å²) in [6.07, 6.45) is 3.44. The molecular weight excluding hydrogens is 428 g/mol. The topological polar surface area (TPSA) is 61.8 Å². The van der Waals surface area contributed by atoms with Gasteiger partial charge in [-0.2, -0.15) is 0 Å². The molecule has 0 N–H and O–H groups in total. The van der Waals surface area contributed by atoms with Gasteiger partial charge in [-0.05, 0) is 55.0 Å². The monoisotopic (exact) mass is 444 g/mol. The van der Waals surface area contributed by atoms with Crippen molar-refractivity contribution >= 4 is 29.4 Å². The summed E-state index contributed by atoms with van der Waals surface area (Å²) in [5.74, 6) is 0.745. The number of benzene rings is 3. The van der Waals surface area contributed by atoms with E-state index < -0.39 is 5.97 Å². The molecule has 0 bridgehead atoms. The first-order valence-corrected chi connectivity index (χ1v) is 10.4. The van der Waals surface area contributed by atoms with Gasteiger partial charge in [0, 0.05) is 11.6 Å². The van der Waals surface area contributed by atoms with E-state index in [1.54, 1.807) is 42.5 Å². The highest BCUT2D eigenvalue weighted by molar-refractivity contribution is 6.33.